The van der Waals surface area contributed by atoms with Gasteiger partial charge in [-0.3, -0.25) is 0 Å². The number of benzene rings is 1. The number of nitrogens with zero attached hydrogens (tertiary/aromatic N) is 2. The van der Waals surface area contributed by atoms with Gasteiger partial charge in [0, 0.05) is 23.5 Å². The van der Waals surface area contributed by atoms with E-state index < -0.39 is 0 Å². The van der Waals surface area contributed by atoms with Crippen molar-refractivity contribution in [3.63, 3.8) is 0 Å². The van der Waals surface area contributed by atoms with E-state index >= 15 is 0 Å². The summed E-state index contributed by atoms with van der Waals surface area (Å²) in [6.07, 6.45) is 1.99. The van der Waals surface area contributed by atoms with E-state index in [1.165, 1.54) is 0 Å². The van der Waals surface area contributed by atoms with Crippen LogP contribution in [0.3, 0.4) is 0 Å². The molecule has 2 N–H and O–H groups in total. The molecule has 0 amide bonds. The average Bonchev–Trinajstić information content (AvgIpc) is 2.79. The third kappa shape index (κ3) is 2.26. The zero-order valence-corrected chi connectivity index (χ0v) is 12.7. The normalized spacial score (nSPS) is 12.3. The Morgan fingerprint density at radius 1 is 1.26 bits per heavy atom. The minimum absolute atomic E-state index is 0.0402. The van der Waals surface area contributed by atoms with Crippen molar-refractivity contribution in [1.82, 2.24) is 9.55 Å². The summed E-state index contributed by atoms with van der Waals surface area (Å²) < 4.78 is 2.25. The van der Waals surface area contributed by atoms with Crippen LogP contribution in [-0.4, -0.2) is 16.1 Å². The first-order valence-corrected chi connectivity index (χ1v) is 7.36. The summed E-state index contributed by atoms with van der Waals surface area (Å²) in [5.74, 6) is 1.10. The van der Waals surface area contributed by atoms with Crippen LogP contribution in [0.5, 0.6) is 0 Å². The first kappa shape index (κ1) is 14.4. The Bertz CT molecular complexity index is 562. The summed E-state index contributed by atoms with van der Waals surface area (Å²) in [6, 6.07) is 5.87. The van der Waals surface area contributed by atoms with Crippen LogP contribution in [0.25, 0.3) is 11.0 Å². The van der Waals surface area contributed by atoms with Gasteiger partial charge < -0.3 is 10.3 Å². The second-order valence-corrected chi connectivity index (χ2v) is 5.44. The van der Waals surface area contributed by atoms with Crippen molar-refractivity contribution < 1.29 is 0 Å². The van der Waals surface area contributed by atoms with Gasteiger partial charge in [-0.25, -0.2) is 4.98 Å². The Labute approximate surface area is 119 Å². The van der Waals surface area contributed by atoms with E-state index in [9.17, 15) is 0 Å². The highest BCUT2D eigenvalue weighted by Crippen LogP contribution is 2.33. The number of rotatable bonds is 5. The van der Waals surface area contributed by atoms with Crippen molar-refractivity contribution in [2.24, 2.45) is 5.73 Å². The van der Waals surface area contributed by atoms with Crippen LogP contribution in [0.2, 0.25) is 5.02 Å². The first-order valence-electron chi connectivity index (χ1n) is 6.98. The molecule has 2 rings (SSSR count). The van der Waals surface area contributed by atoms with E-state index in [1.54, 1.807) is 0 Å². The molecule has 3 nitrogen and oxygen atoms in total. The average molecular weight is 280 g/mol. The zero-order chi connectivity index (χ0) is 14.0. The molecule has 0 spiro atoms. The number of imidazole rings is 1. The Morgan fingerprint density at radius 2 is 1.95 bits per heavy atom. The van der Waals surface area contributed by atoms with Gasteiger partial charge in [0.25, 0.3) is 0 Å². The molecule has 0 fully saturated rings. The second-order valence-electron chi connectivity index (χ2n) is 5.00. The lowest BCUT2D eigenvalue weighted by Crippen LogP contribution is -2.36. The van der Waals surface area contributed by atoms with Gasteiger partial charge in [-0.05, 0) is 38.0 Å². The van der Waals surface area contributed by atoms with E-state index in [2.05, 4.69) is 25.3 Å². The van der Waals surface area contributed by atoms with Crippen LogP contribution >= 0.6 is 11.6 Å². The molecule has 104 valence electrons. The lowest BCUT2D eigenvalue weighted by molar-refractivity contribution is 0.369. The van der Waals surface area contributed by atoms with Gasteiger partial charge in [0.2, 0.25) is 0 Å². The van der Waals surface area contributed by atoms with Crippen molar-refractivity contribution in [3.8, 4) is 0 Å². The molecule has 0 aliphatic heterocycles. The van der Waals surface area contributed by atoms with Gasteiger partial charge in [-0.2, -0.15) is 0 Å². The Balaban J connectivity index is 2.72. The number of fused-ring (bicyclic) bond motifs is 1. The van der Waals surface area contributed by atoms with Gasteiger partial charge in [-0.1, -0.05) is 25.4 Å². The smallest absolute Gasteiger partial charge is 0.117 e. The molecule has 4 heteroatoms. The quantitative estimate of drug-likeness (QED) is 0.906. The van der Waals surface area contributed by atoms with Crippen LogP contribution in [0.15, 0.2) is 18.2 Å². The fourth-order valence-corrected chi connectivity index (χ4v) is 2.93. The zero-order valence-electron chi connectivity index (χ0n) is 11.9. The van der Waals surface area contributed by atoms with E-state index in [4.69, 9.17) is 22.3 Å². The van der Waals surface area contributed by atoms with Crippen molar-refractivity contribution in [2.45, 2.75) is 45.6 Å². The van der Waals surface area contributed by atoms with Crippen LogP contribution in [0.4, 0.5) is 0 Å². The van der Waals surface area contributed by atoms with E-state index in [0.29, 0.717) is 6.54 Å². The molecular weight excluding hydrogens is 258 g/mol. The summed E-state index contributed by atoms with van der Waals surface area (Å²) in [4.78, 5) is 4.83. The molecule has 0 aliphatic rings. The lowest BCUT2D eigenvalue weighted by atomic mass is 9.81. The molecule has 1 aromatic carbocycles. The fraction of sp³-hybridized carbons (Fsp3) is 0.533. The number of nitrogens with two attached hydrogens (primary N) is 1. The third-order valence-electron chi connectivity index (χ3n) is 4.25. The van der Waals surface area contributed by atoms with E-state index in [-0.39, 0.29) is 5.41 Å². The fourth-order valence-electron chi connectivity index (χ4n) is 2.77. The number of hydrogen-bond donors (Lipinski definition) is 1. The highest BCUT2D eigenvalue weighted by atomic mass is 35.5. The Hall–Kier alpha value is -1.06. The molecule has 0 radical (unpaired) electrons. The van der Waals surface area contributed by atoms with Gasteiger partial charge in [-0.15, -0.1) is 0 Å². The minimum Gasteiger partial charge on any atom is -0.329 e. The molecule has 0 saturated heterocycles. The highest BCUT2D eigenvalue weighted by molar-refractivity contribution is 6.31. The van der Waals surface area contributed by atoms with Gasteiger partial charge in [0.15, 0.2) is 0 Å². The van der Waals surface area contributed by atoms with Gasteiger partial charge in [0.05, 0.1) is 11.0 Å². The molecule has 0 bridgehead atoms. The minimum atomic E-state index is -0.0402. The summed E-state index contributed by atoms with van der Waals surface area (Å²) in [7, 11) is 0. The Kier molecular flexibility index (Phi) is 4.16. The predicted molar refractivity (Wildman–Crippen MR) is 81.7 cm³/mol. The third-order valence-corrected chi connectivity index (χ3v) is 4.48. The number of aromatic nitrogens is 2. The maximum Gasteiger partial charge on any atom is 0.117 e. The summed E-state index contributed by atoms with van der Waals surface area (Å²) in [5, 5.41) is 0.750. The predicted octanol–water partition coefficient (Wildman–Crippen LogP) is 3.73. The maximum absolute atomic E-state index is 6.11. The van der Waals surface area contributed by atoms with Gasteiger partial charge in [0.1, 0.15) is 5.82 Å². The molecule has 0 unspecified atom stereocenters. The monoisotopic (exact) mass is 279 g/mol. The molecule has 1 heterocycles. The molecule has 0 saturated carbocycles. The summed E-state index contributed by atoms with van der Waals surface area (Å²) in [5.41, 5.74) is 8.12. The van der Waals surface area contributed by atoms with Crippen LogP contribution in [0.1, 0.15) is 39.4 Å². The van der Waals surface area contributed by atoms with Crippen LogP contribution in [0, 0.1) is 0 Å². The van der Waals surface area contributed by atoms with Gasteiger partial charge >= 0.3 is 0 Å². The van der Waals surface area contributed by atoms with E-state index in [1.807, 2.05) is 18.2 Å². The van der Waals surface area contributed by atoms with Crippen molar-refractivity contribution in [2.75, 3.05) is 6.54 Å². The molecular formula is C15H22ClN3. The van der Waals surface area contributed by atoms with Crippen molar-refractivity contribution >= 4 is 22.6 Å². The molecule has 19 heavy (non-hydrogen) atoms. The topological polar surface area (TPSA) is 43.8 Å². The standard InChI is InChI=1S/C15H22ClN3/c1-4-15(5-2,10-17)14-18-12-8-7-11(16)9-13(12)19(14)6-3/h7-9H,4-6,10,17H2,1-3H3. The maximum atomic E-state index is 6.11. The molecule has 1 aromatic heterocycles. The summed E-state index contributed by atoms with van der Waals surface area (Å²) in [6.45, 7) is 8.01. The summed E-state index contributed by atoms with van der Waals surface area (Å²) >= 11 is 6.11. The van der Waals surface area contributed by atoms with Crippen molar-refractivity contribution in [1.29, 1.82) is 0 Å². The number of aryl methyl sites for hydroxylation is 1. The largest absolute Gasteiger partial charge is 0.329 e. The molecule has 0 aliphatic carbocycles. The SMILES string of the molecule is CCn1c(C(CC)(CC)CN)nc2ccc(Cl)cc21. The van der Waals surface area contributed by atoms with Crippen LogP contribution < -0.4 is 5.73 Å². The second kappa shape index (κ2) is 5.51. The first-order chi connectivity index (χ1) is 9.11. The molecule has 2 aromatic rings. The highest BCUT2D eigenvalue weighted by Gasteiger charge is 2.32. The number of hydrogen-bond acceptors (Lipinski definition) is 2. The van der Waals surface area contributed by atoms with Crippen molar-refractivity contribution in [3.05, 3.63) is 29.0 Å². The van der Waals surface area contributed by atoms with E-state index in [0.717, 1.165) is 41.3 Å². The Morgan fingerprint density at radius 3 is 2.47 bits per heavy atom. The molecule has 0 atom stereocenters. The lowest BCUT2D eigenvalue weighted by Gasteiger charge is -2.30. The number of halogens is 1. The van der Waals surface area contributed by atoms with Crippen LogP contribution in [-0.2, 0) is 12.0 Å².